The van der Waals surface area contributed by atoms with Gasteiger partial charge in [0.25, 0.3) is 0 Å². The number of aryl methyl sites for hydroxylation is 3. The average Bonchev–Trinajstić information content (AvgIpc) is 2.73. The summed E-state index contributed by atoms with van der Waals surface area (Å²) >= 11 is 0. The molecule has 0 saturated carbocycles. The number of carbonyl (C=O) groups is 3. The number of nitrogens with one attached hydrogen (secondary N) is 1. The third-order valence-corrected chi connectivity index (χ3v) is 3.60. The fraction of sp³-hybridized carbons (Fsp3) is 0.571. The quantitative estimate of drug-likeness (QED) is 0.801. The Hall–Kier alpha value is -2.18. The van der Waals surface area contributed by atoms with Gasteiger partial charge in [0.05, 0.1) is 5.69 Å². The first-order chi connectivity index (χ1) is 9.92. The van der Waals surface area contributed by atoms with Gasteiger partial charge in [-0.2, -0.15) is 5.10 Å². The lowest BCUT2D eigenvalue weighted by molar-refractivity contribution is -0.150. The maximum absolute atomic E-state index is 12.3. The average molecular weight is 292 g/mol. The molecule has 7 heteroatoms. The Morgan fingerprint density at radius 3 is 2.71 bits per heavy atom. The van der Waals surface area contributed by atoms with Gasteiger partial charge in [-0.15, -0.1) is 0 Å². The summed E-state index contributed by atoms with van der Waals surface area (Å²) in [4.78, 5) is 36.8. The molecule has 2 heterocycles. The first-order valence-electron chi connectivity index (χ1n) is 7.06. The zero-order chi connectivity index (χ0) is 15.6. The topological polar surface area (TPSA) is 84.3 Å². The Bertz CT molecular complexity index is 579. The Morgan fingerprint density at radius 2 is 2.14 bits per heavy atom. The minimum atomic E-state index is -0.560. The van der Waals surface area contributed by atoms with E-state index in [2.05, 4.69) is 10.4 Å². The van der Waals surface area contributed by atoms with Gasteiger partial charge in [0.1, 0.15) is 12.6 Å². The van der Waals surface area contributed by atoms with E-state index in [1.165, 1.54) is 4.90 Å². The van der Waals surface area contributed by atoms with Crippen LogP contribution >= 0.6 is 0 Å². The van der Waals surface area contributed by atoms with Crippen molar-refractivity contribution in [2.75, 3.05) is 6.54 Å². The van der Waals surface area contributed by atoms with E-state index in [4.69, 9.17) is 0 Å². The van der Waals surface area contributed by atoms with Gasteiger partial charge in [-0.05, 0) is 26.3 Å². The second kappa shape index (κ2) is 6.07. The molecule has 1 aliphatic heterocycles. The Kier molecular flexibility index (Phi) is 4.40. The van der Waals surface area contributed by atoms with E-state index in [0.29, 0.717) is 13.0 Å². The van der Waals surface area contributed by atoms with Gasteiger partial charge in [-0.25, -0.2) is 0 Å². The largest absolute Gasteiger partial charge is 0.321 e. The highest BCUT2D eigenvalue weighted by Gasteiger charge is 2.35. The molecule has 3 amide bonds. The van der Waals surface area contributed by atoms with Crippen molar-refractivity contribution in [2.45, 2.75) is 46.2 Å². The summed E-state index contributed by atoms with van der Waals surface area (Å²) in [5.41, 5.74) is 1.89. The minimum Gasteiger partial charge on any atom is -0.321 e. The monoisotopic (exact) mass is 292 g/mol. The van der Waals surface area contributed by atoms with Gasteiger partial charge in [-0.3, -0.25) is 24.4 Å². The SMILES string of the molecule is CCC1C(=O)NC(=O)CN1C(=O)CCn1nc(C)cc1C. The molecule has 114 valence electrons. The van der Waals surface area contributed by atoms with Crippen molar-refractivity contribution >= 4 is 17.7 Å². The third-order valence-electron chi connectivity index (χ3n) is 3.60. The molecule has 1 unspecified atom stereocenters. The highest BCUT2D eigenvalue weighted by atomic mass is 16.2. The lowest BCUT2D eigenvalue weighted by atomic mass is 10.1. The highest BCUT2D eigenvalue weighted by Crippen LogP contribution is 2.12. The van der Waals surface area contributed by atoms with Crippen molar-refractivity contribution in [3.05, 3.63) is 17.5 Å². The second-order valence-electron chi connectivity index (χ2n) is 5.26. The van der Waals surface area contributed by atoms with E-state index in [1.807, 2.05) is 26.8 Å². The molecule has 1 aromatic rings. The van der Waals surface area contributed by atoms with Crippen molar-refractivity contribution in [1.82, 2.24) is 20.0 Å². The van der Waals surface area contributed by atoms with Crippen LogP contribution < -0.4 is 5.32 Å². The van der Waals surface area contributed by atoms with Gasteiger partial charge >= 0.3 is 0 Å². The summed E-state index contributed by atoms with van der Waals surface area (Å²) in [6, 6.07) is 1.38. The van der Waals surface area contributed by atoms with Crippen LogP contribution in [-0.2, 0) is 20.9 Å². The van der Waals surface area contributed by atoms with Crippen LogP contribution in [0.1, 0.15) is 31.2 Å². The van der Waals surface area contributed by atoms with E-state index < -0.39 is 17.9 Å². The minimum absolute atomic E-state index is 0.0554. The second-order valence-corrected chi connectivity index (χ2v) is 5.26. The summed E-state index contributed by atoms with van der Waals surface area (Å²) in [5, 5.41) is 6.56. The van der Waals surface area contributed by atoms with E-state index >= 15 is 0 Å². The predicted molar refractivity (Wildman–Crippen MR) is 75.3 cm³/mol. The van der Waals surface area contributed by atoms with E-state index in [0.717, 1.165) is 11.4 Å². The van der Waals surface area contributed by atoms with Crippen LogP contribution in [0.15, 0.2) is 6.07 Å². The number of hydrogen-bond acceptors (Lipinski definition) is 4. The van der Waals surface area contributed by atoms with Crippen LogP contribution in [0.3, 0.4) is 0 Å². The molecule has 1 aliphatic rings. The van der Waals surface area contributed by atoms with E-state index in [1.54, 1.807) is 4.68 Å². The zero-order valence-corrected chi connectivity index (χ0v) is 12.5. The lowest BCUT2D eigenvalue weighted by Gasteiger charge is -2.33. The normalized spacial score (nSPS) is 18.8. The number of carbonyl (C=O) groups excluding carboxylic acids is 3. The molecule has 1 aromatic heterocycles. The summed E-state index contributed by atoms with van der Waals surface area (Å²) in [5.74, 6) is -1.02. The number of rotatable bonds is 4. The van der Waals surface area contributed by atoms with Gasteiger partial charge in [0.15, 0.2) is 0 Å². The maximum Gasteiger partial charge on any atom is 0.249 e. The van der Waals surface area contributed by atoms with Crippen molar-refractivity contribution in [2.24, 2.45) is 0 Å². The first kappa shape index (κ1) is 15.2. The molecule has 7 nitrogen and oxygen atoms in total. The van der Waals surface area contributed by atoms with Gasteiger partial charge in [0.2, 0.25) is 17.7 Å². The molecule has 1 atom stereocenters. The molecular weight excluding hydrogens is 272 g/mol. The van der Waals surface area contributed by atoms with Crippen molar-refractivity contribution in [1.29, 1.82) is 0 Å². The van der Waals surface area contributed by atoms with Crippen molar-refractivity contribution < 1.29 is 14.4 Å². The van der Waals surface area contributed by atoms with E-state index in [-0.39, 0.29) is 18.9 Å². The summed E-state index contributed by atoms with van der Waals surface area (Å²) in [6.45, 7) is 6.03. The van der Waals surface area contributed by atoms with E-state index in [9.17, 15) is 14.4 Å². The van der Waals surface area contributed by atoms with Crippen LogP contribution in [0.2, 0.25) is 0 Å². The van der Waals surface area contributed by atoms with Crippen LogP contribution in [0.5, 0.6) is 0 Å². The Labute approximate surface area is 123 Å². The number of amides is 3. The maximum atomic E-state index is 12.3. The Morgan fingerprint density at radius 1 is 1.43 bits per heavy atom. The van der Waals surface area contributed by atoms with Crippen LogP contribution in [-0.4, -0.2) is 45.0 Å². The van der Waals surface area contributed by atoms with Gasteiger partial charge in [0, 0.05) is 18.7 Å². The van der Waals surface area contributed by atoms with Crippen LogP contribution in [0, 0.1) is 13.8 Å². The van der Waals surface area contributed by atoms with Crippen LogP contribution in [0.25, 0.3) is 0 Å². The number of hydrogen-bond donors (Lipinski definition) is 1. The first-order valence-corrected chi connectivity index (χ1v) is 7.06. The summed E-state index contributed by atoms with van der Waals surface area (Å²) in [6.07, 6.45) is 0.712. The van der Waals surface area contributed by atoms with Gasteiger partial charge in [-0.1, -0.05) is 6.92 Å². The molecule has 0 aromatic carbocycles. The molecule has 0 radical (unpaired) electrons. The molecule has 1 N–H and O–H groups in total. The molecule has 0 aliphatic carbocycles. The molecular formula is C14H20N4O3. The third kappa shape index (κ3) is 3.29. The predicted octanol–water partition coefficient (Wildman–Crippen LogP) is 0.154. The molecule has 2 rings (SSSR count). The number of piperazine rings is 1. The van der Waals surface area contributed by atoms with Crippen LogP contribution in [0.4, 0.5) is 0 Å². The number of aromatic nitrogens is 2. The zero-order valence-electron chi connectivity index (χ0n) is 12.5. The molecule has 1 fully saturated rings. The number of imide groups is 1. The van der Waals surface area contributed by atoms with Gasteiger partial charge < -0.3 is 4.90 Å². The highest BCUT2D eigenvalue weighted by molar-refractivity contribution is 6.04. The summed E-state index contributed by atoms with van der Waals surface area (Å²) in [7, 11) is 0. The summed E-state index contributed by atoms with van der Waals surface area (Å²) < 4.78 is 1.76. The Balaban J connectivity index is 2.02. The fourth-order valence-electron chi connectivity index (χ4n) is 2.58. The molecule has 1 saturated heterocycles. The molecule has 0 bridgehead atoms. The fourth-order valence-corrected chi connectivity index (χ4v) is 2.58. The molecule has 21 heavy (non-hydrogen) atoms. The lowest BCUT2D eigenvalue weighted by Crippen LogP contribution is -2.59. The standard InChI is InChI=1S/C14H20N4O3/c1-4-11-14(21)15-12(19)8-17(11)13(20)5-6-18-10(3)7-9(2)16-18/h7,11H,4-6,8H2,1-3H3,(H,15,19,21). The van der Waals surface area contributed by atoms with Crippen molar-refractivity contribution in [3.63, 3.8) is 0 Å². The number of nitrogens with zero attached hydrogens (tertiary/aromatic N) is 3. The van der Waals surface area contributed by atoms with Crippen molar-refractivity contribution in [3.8, 4) is 0 Å². The molecule has 0 spiro atoms. The smallest absolute Gasteiger partial charge is 0.249 e.